The largest absolute Gasteiger partial charge is 0.481 e. The van der Waals surface area contributed by atoms with E-state index in [0.717, 1.165) is 50.1 Å². The minimum absolute atomic E-state index is 0.242. The van der Waals surface area contributed by atoms with Crippen LogP contribution in [0.25, 0.3) is 0 Å². The molecule has 1 N–H and O–H groups in total. The minimum atomic E-state index is -0.671. The number of carboxylic acids is 1. The molecule has 2 aromatic rings. The average molecular weight is 367 g/mol. The van der Waals surface area contributed by atoms with Crippen molar-refractivity contribution < 1.29 is 14.6 Å². The number of likely N-dealkylation sites (tertiary alicyclic amines) is 1. The maximum absolute atomic E-state index is 11.5. The van der Waals surface area contributed by atoms with Crippen molar-refractivity contribution >= 4 is 5.97 Å². The number of carbonyl (C=O) groups is 1. The Labute approximate surface area is 161 Å². The summed E-state index contributed by atoms with van der Waals surface area (Å²) in [5, 5.41) is 9.45. The lowest BCUT2D eigenvalue weighted by molar-refractivity contribution is -0.144. The Morgan fingerprint density at radius 3 is 2.70 bits per heavy atom. The van der Waals surface area contributed by atoms with Crippen LogP contribution in [0.5, 0.6) is 11.5 Å². The molecule has 2 unspecified atom stereocenters. The van der Waals surface area contributed by atoms with Crippen LogP contribution in [0.15, 0.2) is 54.6 Å². The molecule has 0 aromatic heterocycles. The van der Waals surface area contributed by atoms with E-state index in [9.17, 15) is 9.90 Å². The highest BCUT2D eigenvalue weighted by molar-refractivity contribution is 5.70. The lowest BCUT2D eigenvalue weighted by Gasteiger charge is -2.37. The van der Waals surface area contributed by atoms with Gasteiger partial charge in [-0.15, -0.1) is 0 Å². The zero-order chi connectivity index (χ0) is 19.1. The van der Waals surface area contributed by atoms with Crippen LogP contribution in [0.4, 0.5) is 0 Å². The third-order valence-electron chi connectivity index (χ3n) is 5.30. The number of piperidine rings is 1. The fourth-order valence-corrected chi connectivity index (χ4v) is 3.86. The quantitative estimate of drug-likeness (QED) is 0.669. The summed E-state index contributed by atoms with van der Waals surface area (Å²) in [6, 6.07) is 18.3. The summed E-state index contributed by atoms with van der Waals surface area (Å²) >= 11 is 0. The highest BCUT2D eigenvalue weighted by atomic mass is 16.5. The van der Waals surface area contributed by atoms with Gasteiger partial charge in [0.2, 0.25) is 0 Å². The molecule has 0 saturated carbocycles. The molecule has 1 aliphatic heterocycles. The van der Waals surface area contributed by atoms with E-state index in [4.69, 9.17) is 4.74 Å². The van der Waals surface area contributed by atoms with E-state index in [1.807, 2.05) is 42.5 Å². The first kappa shape index (κ1) is 19.4. The van der Waals surface area contributed by atoms with Crippen molar-refractivity contribution in [3.8, 4) is 11.5 Å². The molecule has 1 saturated heterocycles. The highest BCUT2D eigenvalue weighted by Gasteiger charge is 2.30. The number of rotatable bonds is 8. The van der Waals surface area contributed by atoms with Crippen molar-refractivity contribution in [2.45, 2.75) is 45.1 Å². The van der Waals surface area contributed by atoms with E-state index in [1.54, 1.807) is 0 Å². The van der Waals surface area contributed by atoms with Gasteiger partial charge in [-0.1, -0.05) is 50.1 Å². The lowest BCUT2D eigenvalue weighted by Crippen LogP contribution is -2.40. The predicted octanol–water partition coefficient (Wildman–Crippen LogP) is 5.51. The SMILES string of the molecule is CCCCC(c1cccc(Oc2ccccc2)c1)N1CCCC(C(=O)O)C1. The number of aliphatic carboxylic acids is 1. The third-order valence-corrected chi connectivity index (χ3v) is 5.30. The van der Waals surface area contributed by atoms with Gasteiger partial charge < -0.3 is 9.84 Å². The van der Waals surface area contributed by atoms with E-state index in [1.165, 1.54) is 5.56 Å². The van der Waals surface area contributed by atoms with Gasteiger partial charge in [0, 0.05) is 12.6 Å². The maximum Gasteiger partial charge on any atom is 0.307 e. The van der Waals surface area contributed by atoms with Crippen molar-refractivity contribution in [3.63, 3.8) is 0 Å². The molecule has 27 heavy (non-hydrogen) atoms. The van der Waals surface area contributed by atoms with E-state index < -0.39 is 5.97 Å². The van der Waals surface area contributed by atoms with Crippen LogP contribution in [0.1, 0.15) is 50.6 Å². The molecule has 0 amide bonds. The van der Waals surface area contributed by atoms with E-state index >= 15 is 0 Å². The van der Waals surface area contributed by atoms with Crippen molar-refractivity contribution in [1.29, 1.82) is 0 Å². The Bertz CT molecular complexity index is 731. The summed E-state index contributed by atoms with van der Waals surface area (Å²) in [6.07, 6.45) is 5.02. The molecule has 1 aliphatic rings. The Hall–Kier alpha value is -2.33. The summed E-state index contributed by atoms with van der Waals surface area (Å²) in [5.41, 5.74) is 1.21. The zero-order valence-corrected chi connectivity index (χ0v) is 16.0. The van der Waals surface area contributed by atoms with Gasteiger partial charge in [-0.2, -0.15) is 0 Å². The van der Waals surface area contributed by atoms with Gasteiger partial charge >= 0.3 is 5.97 Å². The number of hydrogen-bond donors (Lipinski definition) is 1. The molecule has 2 atom stereocenters. The Morgan fingerprint density at radius 1 is 1.19 bits per heavy atom. The Balaban J connectivity index is 1.80. The molecule has 4 nitrogen and oxygen atoms in total. The number of para-hydroxylation sites is 1. The highest BCUT2D eigenvalue weighted by Crippen LogP contribution is 2.33. The summed E-state index contributed by atoms with van der Waals surface area (Å²) in [4.78, 5) is 13.8. The molecular weight excluding hydrogens is 338 g/mol. The molecular formula is C23H29NO3. The molecule has 4 heteroatoms. The van der Waals surface area contributed by atoms with Crippen LogP contribution in [0, 0.1) is 5.92 Å². The standard InChI is InChI=1S/C23H29NO3/c1-2-3-14-22(24-15-8-10-19(17-24)23(25)26)18-9-7-13-21(16-18)27-20-11-5-4-6-12-20/h4-7,9,11-13,16,19,22H,2-3,8,10,14-15,17H2,1H3,(H,25,26). The van der Waals surface area contributed by atoms with Crippen LogP contribution in [0.2, 0.25) is 0 Å². The molecule has 1 heterocycles. The van der Waals surface area contributed by atoms with E-state index in [0.29, 0.717) is 6.54 Å². The summed E-state index contributed by atoms with van der Waals surface area (Å²) in [6.45, 7) is 3.79. The topological polar surface area (TPSA) is 49.8 Å². The van der Waals surface area contributed by atoms with E-state index in [-0.39, 0.29) is 12.0 Å². The summed E-state index contributed by atoms with van der Waals surface area (Å²) in [5.74, 6) is 0.720. The number of carboxylic acid groups (broad SMARTS) is 1. The van der Waals surface area contributed by atoms with Gasteiger partial charge in [0.1, 0.15) is 11.5 Å². The van der Waals surface area contributed by atoms with Crippen LogP contribution in [0.3, 0.4) is 0 Å². The minimum Gasteiger partial charge on any atom is -0.481 e. The first-order valence-electron chi connectivity index (χ1n) is 9.97. The second-order valence-corrected chi connectivity index (χ2v) is 7.32. The molecule has 0 bridgehead atoms. The molecule has 0 aliphatic carbocycles. The predicted molar refractivity (Wildman–Crippen MR) is 107 cm³/mol. The van der Waals surface area contributed by atoms with Gasteiger partial charge in [0.15, 0.2) is 0 Å². The molecule has 0 spiro atoms. The van der Waals surface area contributed by atoms with Gasteiger partial charge in [0.25, 0.3) is 0 Å². The van der Waals surface area contributed by atoms with Crippen molar-refractivity contribution in [2.75, 3.05) is 13.1 Å². The van der Waals surface area contributed by atoms with Gasteiger partial charge in [-0.25, -0.2) is 0 Å². The summed E-state index contributed by atoms with van der Waals surface area (Å²) in [7, 11) is 0. The zero-order valence-electron chi connectivity index (χ0n) is 16.0. The Kier molecular flexibility index (Phi) is 6.88. The first-order valence-corrected chi connectivity index (χ1v) is 9.97. The normalized spacial score (nSPS) is 18.8. The van der Waals surface area contributed by atoms with Gasteiger partial charge in [0.05, 0.1) is 5.92 Å². The Morgan fingerprint density at radius 2 is 1.96 bits per heavy atom. The molecule has 2 aromatic carbocycles. The van der Waals surface area contributed by atoms with Crippen LogP contribution < -0.4 is 4.74 Å². The smallest absolute Gasteiger partial charge is 0.307 e. The molecule has 1 fully saturated rings. The molecule has 0 radical (unpaired) electrons. The number of benzene rings is 2. The van der Waals surface area contributed by atoms with Crippen molar-refractivity contribution in [3.05, 3.63) is 60.2 Å². The van der Waals surface area contributed by atoms with E-state index in [2.05, 4.69) is 24.0 Å². The maximum atomic E-state index is 11.5. The summed E-state index contributed by atoms with van der Waals surface area (Å²) < 4.78 is 6.01. The number of unbranched alkanes of at least 4 members (excludes halogenated alkanes) is 1. The fraction of sp³-hybridized carbons (Fsp3) is 0.435. The lowest BCUT2D eigenvalue weighted by atomic mass is 9.92. The monoisotopic (exact) mass is 367 g/mol. The van der Waals surface area contributed by atoms with Crippen molar-refractivity contribution in [1.82, 2.24) is 4.90 Å². The second kappa shape index (κ2) is 9.56. The molecule has 144 valence electrons. The van der Waals surface area contributed by atoms with Crippen LogP contribution in [-0.2, 0) is 4.79 Å². The first-order chi connectivity index (χ1) is 13.2. The third kappa shape index (κ3) is 5.33. The van der Waals surface area contributed by atoms with Crippen LogP contribution in [-0.4, -0.2) is 29.1 Å². The van der Waals surface area contributed by atoms with Crippen LogP contribution >= 0.6 is 0 Å². The van der Waals surface area contributed by atoms with Gasteiger partial charge in [-0.3, -0.25) is 9.69 Å². The fourth-order valence-electron chi connectivity index (χ4n) is 3.86. The molecule has 3 rings (SSSR count). The second-order valence-electron chi connectivity index (χ2n) is 7.32. The number of nitrogens with zero attached hydrogens (tertiary/aromatic N) is 1. The average Bonchev–Trinajstić information content (AvgIpc) is 2.70. The number of hydrogen-bond acceptors (Lipinski definition) is 3. The number of ether oxygens (including phenoxy) is 1. The van der Waals surface area contributed by atoms with Crippen molar-refractivity contribution in [2.24, 2.45) is 5.92 Å². The van der Waals surface area contributed by atoms with Gasteiger partial charge in [-0.05, 0) is 55.6 Å².